The molecule has 0 aliphatic rings. The van der Waals surface area contributed by atoms with Gasteiger partial charge in [-0.15, -0.1) is 0 Å². The fourth-order valence-corrected chi connectivity index (χ4v) is 1.80. The summed E-state index contributed by atoms with van der Waals surface area (Å²) in [4.78, 5) is 24.8. The molecule has 0 bridgehead atoms. The topological polar surface area (TPSA) is 98.3 Å². The number of aryl methyl sites for hydroxylation is 1. The molecule has 0 aliphatic heterocycles. The molecule has 0 spiro atoms. The summed E-state index contributed by atoms with van der Waals surface area (Å²) < 4.78 is 14.5. The van der Waals surface area contributed by atoms with Crippen molar-refractivity contribution in [1.82, 2.24) is 9.55 Å². The van der Waals surface area contributed by atoms with Crippen molar-refractivity contribution in [1.29, 1.82) is 0 Å². The highest BCUT2D eigenvalue weighted by atomic mass is 19.1. The maximum atomic E-state index is 13.1. The third kappa shape index (κ3) is 2.79. The minimum absolute atomic E-state index is 0.122. The Morgan fingerprint density at radius 3 is 2.90 bits per heavy atom. The largest absolute Gasteiger partial charge is 0.481 e. The Bertz CT molecular complexity index is 668. The van der Waals surface area contributed by atoms with Gasteiger partial charge in [-0.25, -0.2) is 9.37 Å². The number of hydrogen-bond acceptors (Lipinski definition) is 4. The maximum Gasteiger partial charge on any atom is 0.303 e. The van der Waals surface area contributed by atoms with Gasteiger partial charge in [0.05, 0.1) is 17.4 Å². The van der Waals surface area contributed by atoms with E-state index >= 15 is 0 Å². The molecule has 104 valence electrons. The molecule has 0 unspecified atom stereocenters. The number of aliphatic carboxylic acids is 1. The molecule has 2 rings (SSSR count). The van der Waals surface area contributed by atoms with Crippen LogP contribution in [-0.4, -0.2) is 25.6 Å². The van der Waals surface area contributed by atoms with Gasteiger partial charge in [-0.2, -0.15) is 0 Å². The molecular weight excluding hydrogens is 269 g/mol. The molecule has 8 heteroatoms. The standard InChI is InChI=1S/C12H10FN3O4/c13-8-1-2-9(10(7-8)16(19)20)15-6-5-14-11(15)3-4-12(17)18/h1-2,5-7H,3-4H2,(H,17,18). The summed E-state index contributed by atoms with van der Waals surface area (Å²) in [6.07, 6.45) is 2.85. The van der Waals surface area contributed by atoms with Gasteiger partial charge in [0.1, 0.15) is 17.3 Å². The summed E-state index contributed by atoms with van der Waals surface area (Å²) >= 11 is 0. The van der Waals surface area contributed by atoms with E-state index in [9.17, 15) is 19.3 Å². The Hall–Kier alpha value is -2.77. The van der Waals surface area contributed by atoms with E-state index in [2.05, 4.69) is 4.98 Å². The third-order valence-corrected chi connectivity index (χ3v) is 2.67. The lowest BCUT2D eigenvalue weighted by Crippen LogP contribution is -2.06. The predicted molar refractivity (Wildman–Crippen MR) is 66.1 cm³/mol. The molecular formula is C12H10FN3O4. The monoisotopic (exact) mass is 279 g/mol. The summed E-state index contributed by atoms with van der Waals surface area (Å²) in [5.41, 5.74) is -0.256. The number of nitro benzene ring substituents is 1. The fourth-order valence-electron chi connectivity index (χ4n) is 1.80. The zero-order valence-corrected chi connectivity index (χ0v) is 10.2. The molecule has 20 heavy (non-hydrogen) atoms. The molecule has 1 heterocycles. The number of nitrogens with zero attached hydrogens (tertiary/aromatic N) is 3. The van der Waals surface area contributed by atoms with Crippen molar-refractivity contribution in [2.75, 3.05) is 0 Å². The van der Waals surface area contributed by atoms with Crippen molar-refractivity contribution in [2.24, 2.45) is 0 Å². The minimum atomic E-state index is -0.992. The number of imidazole rings is 1. The van der Waals surface area contributed by atoms with Gasteiger partial charge in [0.15, 0.2) is 0 Å². The summed E-state index contributed by atoms with van der Waals surface area (Å²) in [6.45, 7) is 0. The number of carboxylic acids is 1. The van der Waals surface area contributed by atoms with E-state index in [4.69, 9.17) is 5.11 Å². The maximum absolute atomic E-state index is 13.1. The molecule has 0 saturated carbocycles. The zero-order valence-electron chi connectivity index (χ0n) is 10.2. The van der Waals surface area contributed by atoms with E-state index in [1.807, 2.05) is 0 Å². The number of nitro groups is 1. The second kappa shape index (κ2) is 5.47. The second-order valence-corrected chi connectivity index (χ2v) is 4.00. The van der Waals surface area contributed by atoms with Gasteiger partial charge in [0.25, 0.3) is 5.69 Å². The van der Waals surface area contributed by atoms with Crippen molar-refractivity contribution in [2.45, 2.75) is 12.8 Å². The minimum Gasteiger partial charge on any atom is -0.481 e. The highest BCUT2D eigenvalue weighted by molar-refractivity contribution is 5.67. The first-order valence-electron chi connectivity index (χ1n) is 5.67. The third-order valence-electron chi connectivity index (χ3n) is 2.67. The average Bonchev–Trinajstić information content (AvgIpc) is 2.84. The Balaban J connectivity index is 2.44. The second-order valence-electron chi connectivity index (χ2n) is 4.00. The van der Waals surface area contributed by atoms with Crippen molar-refractivity contribution in [3.63, 3.8) is 0 Å². The molecule has 0 amide bonds. The summed E-state index contributed by atoms with van der Waals surface area (Å²) in [7, 11) is 0. The first kappa shape index (κ1) is 13.7. The van der Waals surface area contributed by atoms with E-state index in [1.165, 1.54) is 23.0 Å². The van der Waals surface area contributed by atoms with Crippen LogP contribution >= 0.6 is 0 Å². The van der Waals surface area contributed by atoms with Crippen molar-refractivity contribution in [3.8, 4) is 5.69 Å². The van der Waals surface area contributed by atoms with E-state index in [0.717, 1.165) is 12.1 Å². The summed E-state index contributed by atoms with van der Waals surface area (Å²) in [5.74, 6) is -1.34. The first-order chi connectivity index (χ1) is 9.49. The lowest BCUT2D eigenvalue weighted by atomic mass is 10.2. The summed E-state index contributed by atoms with van der Waals surface area (Å²) in [6, 6.07) is 3.18. The molecule has 0 atom stereocenters. The van der Waals surface area contributed by atoms with Crippen molar-refractivity contribution in [3.05, 3.63) is 52.3 Å². The van der Waals surface area contributed by atoms with Crippen LogP contribution in [0.15, 0.2) is 30.6 Å². The molecule has 0 fully saturated rings. The molecule has 2 aromatic rings. The number of carbonyl (C=O) groups is 1. The molecule has 0 radical (unpaired) electrons. The van der Waals surface area contributed by atoms with Gasteiger partial charge in [-0.3, -0.25) is 19.5 Å². The van der Waals surface area contributed by atoms with Crippen LogP contribution in [-0.2, 0) is 11.2 Å². The highest BCUT2D eigenvalue weighted by Crippen LogP contribution is 2.25. The van der Waals surface area contributed by atoms with Crippen LogP contribution in [0, 0.1) is 15.9 Å². The summed E-state index contributed by atoms with van der Waals surface area (Å²) in [5, 5.41) is 19.6. The molecule has 0 aliphatic carbocycles. The Morgan fingerprint density at radius 1 is 1.50 bits per heavy atom. The first-order valence-corrected chi connectivity index (χ1v) is 5.67. The van der Waals surface area contributed by atoms with E-state index in [0.29, 0.717) is 5.82 Å². The number of halogens is 1. The predicted octanol–water partition coefficient (Wildman–Crippen LogP) is 1.94. The lowest BCUT2D eigenvalue weighted by molar-refractivity contribution is -0.384. The lowest BCUT2D eigenvalue weighted by Gasteiger charge is -2.07. The van der Waals surface area contributed by atoms with E-state index < -0.39 is 22.4 Å². The quantitative estimate of drug-likeness (QED) is 0.666. The van der Waals surface area contributed by atoms with Crippen LogP contribution in [0.1, 0.15) is 12.2 Å². The van der Waals surface area contributed by atoms with Crippen LogP contribution in [0.2, 0.25) is 0 Å². The molecule has 7 nitrogen and oxygen atoms in total. The fraction of sp³-hybridized carbons (Fsp3) is 0.167. The normalized spacial score (nSPS) is 10.4. The number of carboxylic acid groups (broad SMARTS) is 1. The van der Waals surface area contributed by atoms with Gasteiger partial charge >= 0.3 is 5.97 Å². The van der Waals surface area contributed by atoms with Gasteiger partial charge in [0.2, 0.25) is 0 Å². The zero-order chi connectivity index (χ0) is 14.7. The SMILES string of the molecule is O=C(O)CCc1nccn1-c1ccc(F)cc1[N+](=O)[O-]. The van der Waals surface area contributed by atoms with Crippen LogP contribution in [0.3, 0.4) is 0 Å². The van der Waals surface area contributed by atoms with Gasteiger partial charge < -0.3 is 5.11 Å². The van der Waals surface area contributed by atoms with E-state index in [1.54, 1.807) is 0 Å². The Morgan fingerprint density at radius 2 is 2.25 bits per heavy atom. The van der Waals surface area contributed by atoms with Gasteiger partial charge in [0, 0.05) is 18.8 Å². The van der Waals surface area contributed by atoms with E-state index in [-0.39, 0.29) is 18.5 Å². The Labute approximate surface area is 112 Å². The van der Waals surface area contributed by atoms with Gasteiger partial charge in [-0.1, -0.05) is 0 Å². The van der Waals surface area contributed by atoms with Crippen LogP contribution in [0.4, 0.5) is 10.1 Å². The number of benzene rings is 1. The van der Waals surface area contributed by atoms with Crippen LogP contribution in [0.25, 0.3) is 5.69 Å². The van der Waals surface area contributed by atoms with Crippen LogP contribution < -0.4 is 0 Å². The van der Waals surface area contributed by atoms with Crippen molar-refractivity contribution < 1.29 is 19.2 Å². The molecule has 1 N–H and O–H groups in total. The number of rotatable bonds is 5. The molecule has 1 aromatic heterocycles. The number of hydrogen-bond donors (Lipinski definition) is 1. The Kier molecular flexibility index (Phi) is 3.74. The highest BCUT2D eigenvalue weighted by Gasteiger charge is 2.18. The molecule has 0 saturated heterocycles. The molecule has 1 aromatic carbocycles. The van der Waals surface area contributed by atoms with Crippen LogP contribution in [0.5, 0.6) is 0 Å². The average molecular weight is 279 g/mol. The van der Waals surface area contributed by atoms with Gasteiger partial charge in [-0.05, 0) is 12.1 Å². The number of aromatic nitrogens is 2. The van der Waals surface area contributed by atoms with Crippen molar-refractivity contribution >= 4 is 11.7 Å². The smallest absolute Gasteiger partial charge is 0.303 e.